The molecule has 2 nitrogen and oxygen atoms in total. The lowest BCUT2D eigenvalue weighted by molar-refractivity contribution is -0.00158. The molecule has 0 fully saturated rings. The lowest BCUT2D eigenvalue weighted by Gasteiger charge is -2.40. The van der Waals surface area contributed by atoms with Crippen LogP contribution in [0, 0.1) is 11.2 Å². The van der Waals surface area contributed by atoms with Crippen LogP contribution in [0.1, 0.15) is 68.6 Å². The van der Waals surface area contributed by atoms with Gasteiger partial charge in [0.05, 0.1) is 13.2 Å². The van der Waals surface area contributed by atoms with E-state index in [9.17, 15) is 9.50 Å². The van der Waals surface area contributed by atoms with Gasteiger partial charge in [-0.05, 0) is 72.1 Å². The van der Waals surface area contributed by atoms with Gasteiger partial charge >= 0.3 is 0 Å². The molecule has 3 heteroatoms. The Morgan fingerprint density at radius 1 is 1.15 bits per heavy atom. The van der Waals surface area contributed by atoms with Crippen molar-refractivity contribution in [3.8, 4) is 5.75 Å². The van der Waals surface area contributed by atoms with Crippen LogP contribution in [-0.2, 0) is 6.42 Å². The molecule has 2 aromatic rings. The molecule has 1 aliphatic carbocycles. The largest absolute Gasteiger partial charge is 0.497 e. The van der Waals surface area contributed by atoms with Crippen molar-refractivity contribution in [2.45, 2.75) is 64.4 Å². The van der Waals surface area contributed by atoms with Gasteiger partial charge in [0, 0.05) is 5.92 Å². The highest BCUT2D eigenvalue weighted by Gasteiger charge is 2.43. The number of hydrogen-bond donors (Lipinski definition) is 1. The van der Waals surface area contributed by atoms with Gasteiger partial charge < -0.3 is 9.84 Å². The number of ether oxygens (including phenoxy) is 1. The summed E-state index contributed by atoms with van der Waals surface area (Å²) in [5.41, 5.74) is 3.22. The summed E-state index contributed by atoms with van der Waals surface area (Å²) in [6, 6.07) is 12.8. The summed E-state index contributed by atoms with van der Waals surface area (Å²) < 4.78 is 19.0. The fraction of sp³-hybridized carbons (Fsp3) is 0.500. The van der Waals surface area contributed by atoms with Gasteiger partial charge in [0.1, 0.15) is 11.6 Å². The van der Waals surface area contributed by atoms with Crippen molar-refractivity contribution in [3.05, 3.63) is 65.0 Å². The first kappa shape index (κ1) is 19.9. The summed E-state index contributed by atoms with van der Waals surface area (Å²) >= 11 is 0. The Morgan fingerprint density at radius 3 is 2.52 bits per heavy atom. The molecule has 0 heterocycles. The van der Waals surface area contributed by atoms with E-state index in [0.717, 1.165) is 55.4 Å². The van der Waals surface area contributed by atoms with Crippen LogP contribution in [0.15, 0.2) is 42.5 Å². The molecular weight excluding hydrogens is 339 g/mol. The van der Waals surface area contributed by atoms with Gasteiger partial charge in [-0.15, -0.1) is 0 Å². The molecule has 0 bridgehead atoms. The summed E-state index contributed by atoms with van der Waals surface area (Å²) in [7, 11) is 1.67. The van der Waals surface area contributed by atoms with Gasteiger partial charge in [-0.1, -0.05) is 44.9 Å². The number of hydrogen-bond acceptors (Lipinski definition) is 2. The van der Waals surface area contributed by atoms with Gasteiger partial charge in [0.15, 0.2) is 0 Å². The number of fused-ring (bicyclic) bond motifs is 1. The minimum atomic E-state index is -0.507. The smallest absolute Gasteiger partial charge is 0.123 e. The predicted molar refractivity (Wildman–Crippen MR) is 108 cm³/mol. The zero-order valence-electron chi connectivity index (χ0n) is 16.7. The fourth-order valence-electron chi connectivity index (χ4n) is 4.67. The van der Waals surface area contributed by atoms with Crippen LogP contribution < -0.4 is 4.74 Å². The molecule has 3 rings (SSSR count). The topological polar surface area (TPSA) is 29.5 Å². The molecule has 1 aliphatic rings. The number of aliphatic hydroxyl groups is 1. The van der Waals surface area contributed by atoms with E-state index in [1.54, 1.807) is 7.11 Å². The molecule has 0 aliphatic heterocycles. The number of benzene rings is 2. The Hall–Kier alpha value is -1.87. The Labute approximate surface area is 162 Å². The van der Waals surface area contributed by atoms with E-state index in [0.29, 0.717) is 0 Å². The van der Waals surface area contributed by atoms with Gasteiger partial charge in [-0.2, -0.15) is 0 Å². The van der Waals surface area contributed by atoms with Crippen LogP contribution in [0.3, 0.4) is 0 Å². The number of rotatable bonds is 6. The van der Waals surface area contributed by atoms with Gasteiger partial charge in [0.25, 0.3) is 0 Å². The van der Waals surface area contributed by atoms with Crippen LogP contribution in [0.5, 0.6) is 5.75 Å². The van der Waals surface area contributed by atoms with Crippen LogP contribution in [0.25, 0.3) is 0 Å². The van der Waals surface area contributed by atoms with Crippen molar-refractivity contribution in [1.82, 2.24) is 0 Å². The molecule has 27 heavy (non-hydrogen) atoms. The molecule has 0 amide bonds. The number of aryl methyl sites for hydroxylation is 1. The Bertz CT molecular complexity index is 755. The predicted octanol–water partition coefficient (Wildman–Crippen LogP) is 5.86. The quantitative estimate of drug-likeness (QED) is 0.645. The SMILES string of the molecule is CCCC[C@]1(CC)CCc2ccc(OC)cc2[C@@H](c2ccc(F)cc2)[C@H]1O. The van der Waals surface area contributed by atoms with Crippen molar-refractivity contribution in [2.75, 3.05) is 7.11 Å². The third-order valence-electron chi connectivity index (χ3n) is 6.48. The molecule has 0 aromatic heterocycles. The Kier molecular flexibility index (Phi) is 6.21. The minimum Gasteiger partial charge on any atom is -0.497 e. The second-order valence-corrected chi connectivity index (χ2v) is 7.86. The van der Waals surface area contributed by atoms with Crippen LogP contribution in [0.2, 0.25) is 0 Å². The molecule has 0 saturated carbocycles. The zero-order chi connectivity index (χ0) is 19.4. The molecule has 146 valence electrons. The number of methoxy groups -OCH3 is 1. The molecule has 0 spiro atoms. The maximum absolute atomic E-state index is 13.5. The normalized spacial score (nSPS) is 24.9. The number of halogens is 1. The molecule has 1 N–H and O–H groups in total. The summed E-state index contributed by atoms with van der Waals surface area (Å²) in [6.45, 7) is 4.39. The molecule has 0 saturated heterocycles. The van der Waals surface area contributed by atoms with Gasteiger partial charge in [-0.25, -0.2) is 4.39 Å². The van der Waals surface area contributed by atoms with Crippen LogP contribution in [-0.4, -0.2) is 18.3 Å². The average Bonchev–Trinajstić information content (AvgIpc) is 2.81. The zero-order valence-corrected chi connectivity index (χ0v) is 16.7. The average molecular weight is 371 g/mol. The van der Waals surface area contributed by atoms with E-state index >= 15 is 0 Å². The van der Waals surface area contributed by atoms with E-state index in [-0.39, 0.29) is 17.2 Å². The molecular formula is C24H31FO2. The van der Waals surface area contributed by atoms with E-state index in [4.69, 9.17) is 4.74 Å². The van der Waals surface area contributed by atoms with Crippen molar-refractivity contribution < 1.29 is 14.2 Å². The molecule has 2 aromatic carbocycles. The monoisotopic (exact) mass is 370 g/mol. The van der Waals surface area contributed by atoms with Crippen molar-refractivity contribution in [2.24, 2.45) is 5.41 Å². The van der Waals surface area contributed by atoms with Crippen molar-refractivity contribution >= 4 is 0 Å². The Morgan fingerprint density at radius 2 is 1.89 bits per heavy atom. The molecule has 3 atom stereocenters. The summed E-state index contributed by atoms with van der Waals surface area (Å²) in [4.78, 5) is 0. The summed E-state index contributed by atoms with van der Waals surface area (Å²) in [6.07, 6.45) is 5.61. The van der Waals surface area contributed by atoms with Crippen LogP contribution in [0.4, 0.5) is 4.39 Å². The highest BCUT2D eigenvalue weighted by molar-refractivity contribution is 5.45. The second kappa shape index (κ2) is 8.43. The minimum absolute atomic E-state index is 0.124. The van der Waals surface area contributed by atoms with Crippen LogP contribution >= 0.6 is 0 Å². The first-order chi connectivity index (χ1) is 13.0. The van der Waals surface area contributed by atoms with E-state index in [2.05, 4.69) is 26.0 Å². The third kappa shape index (κ3) is 3.89. The van der Waals surface area contributed by atoms with Gasteiger partial charge in [0.2, 0.25) is 0 Å². The third-order valence-corrected chi connectivity index (χ3v) is 6.48. The van der Waals surface area contributed by atoms with E-state index < -0.39 is 6.10 Å². The summed E-state index contributed by atoms with van der Waals surface area (Å²) in [5, 5.41) is 11.7. The highest BCUT2D eigenvalue weighted by Crippen LogP contribution is 2.49. The van der Waals surface area contributed by atoms with Gasteiger partial charge in [-0.3, -0.25) is 0 Å². The van der Waals surface area contributed by atoms with Crippen molar-refractivity contribution in [3.63, 3.8) is 0 Å². The number of unbranched alkanes of at least 4 members (excludes halogenated alkanes) is 1. The first-order valence-electron chi connectivity index (χ1n) is 10.1. The molecule has 0 unspecified atom stereocenters. The summed E-state index contributed by atoms with van der Waals surface area (Å²) in [5.74, 6) is 0.376. The maximum Gasteiger partial charge on any atom is 0.123 e. The fourth-order valence-corrected chi connectivity index (χ4v) is 4.67. The lowest BCUT2D eigenvalue weighted by atomic mass is 9.67. The van der Waals surface area contributed by atoms with E-state index in [1.165, 1.54) is 17.7 Å². The highest BCUT2D eigenvalue weighted by atomic mass is 19.1. The van der Waals surface area contributed by atoms with Crippen molar-refractivity contribution in [1.29, 1.82) is 0 Å². The Balaban J connectivity index is 2.14. The maximum atomic E-state index is 13.5. The lowest BCUT2D eigenvalue weighted by Crippen LogP contribution is -2.38. The standard InChI is InChI=1S/C24H31FO2/c1-4-6-14-24(5-2)15-13-17-9-12-20(27-3)16-21(17)22(23(24)26)18-7-10-19(25)11-8-18/h7-12,16,22-23,26H,4-6,13-15H2,1-3H3/t22-,23-,24-/m1/s1. The second-order valence-electron chi connectivity index (χ2n) is 7.86. The number of aliphatic hydroxyl groups excluding tert-OH is 1. The molecule has 0 radical (unpaired) electrons. The van der Waals surface area contributed by atoms with E-state index in [1.807, 2.05) is 18.2 Å². The first-order valence-corrected chi connectivity index (χ1v) is 10.1.